The van der Waals surface area contributed by atoms with Gasteiger partial charge in [-0.2, -0.15) is 5.10 Å². The van der Waals surface area contributed by atoms with Crippen LogP contribution in [0.3, 0.4) is 0 Å². The number of hydrogen-bond acceptors (Lipinski definition) is 3. The van der Waals surface area contributed by atoms with Crippen molar-refractivity contribution in [3.05, 3.63) is 53.3 Å². The number of nitrogens with one attached hydrogen (secondary N) is 1. The topological polar surface area (TPSA) is 72.9 Å². The zero-order chi connectivity index (χ0) is 14.4. The number of carbonyl (C=O) groups is 1. The normalized spacial score (nSPS) is 10.5. The predicted octanol–water partition coefficient (Wildman–Crippen LogP) is 0.894. The summed E-state index contributed by atoms with van der Waals surface area (Å²) in [5.41, 5.74) is 8.27. The number of aromatic nitrogens is 2. The van der Waals surface area contributed by atoms with E-state index in [0.29, 0.717) is 18.7 Å². The van der Waals surface area contributed by atoms with Crippen LogP contribution in [0.4, 0.5) is 0 Å². The van der Waals surface area contributed by atoms with Gasteiger partial charge in [-0.1, -0.05) is 12.1 Å². The molecule has 2 aromatic rings. The lowest BCUT2D eigenvalue weighted by Gasteiger charge is -2.06. The van der Waals surface area contributed by atoms with Crippen LogP contribution < -0.4 is 11.1 Å². The Morgan fingerprint density at radius 2 is 2.20 bits per heavy atom. The number of hydrogen-bond donors (Lipinski definition) is 2. The maximum Gasteiger partial charge on any atom is 0.251 e. The van der Waals surface area contributed by atoms with Gasteiger partial charge in [0.25, 0.3) is 5.91 Å². The van der Waals surface area contributed by atoms with E-state index in [1.165, 1.54) is 0 Å². The Morgan fingerprint density at radius 3 is 2.90 bits per heavy atom. The van der Waals surface area contributed by atoms with E-state index >= 15 is 0 Å². The van der Waals surface area contributed by atoms with E-state index in [1.807, 2.05) is 43.6 Å². The third kappa shape index (κ3) is 3.93. The number of carbonyl (C=O) groups excluding carboxylic acids is 1. The average molecular weight is 272 g/mol. The van der Waals surface area contributed by atoms with Crippen molar-refractivity contribution in [2.24, 2.45) is 12.8 Å². The fourth-order valence-corrected chi connectivity index (χ4v) is 2.04. The average Bonchev–Trinajstić information content (AvgIpc) is 2.85. The van der Waals surface area contributed by atoms with Gasteiger partial charge in [-0.3, -0.25) is 9.48 Å². The van der Waals surface area contributed by atoms with E-state index in [-0.39, 0.29) is 5.91 Å². The third-order valence-electron chi connectivity index (χ3n) is 3.06. The Bertz CT molecular complexity index is 577. The fourth-order valence-electron chi connectivity index (χ4n) is 2.04. The van der Waals surface area contributed by atoms with Crippen molar-refractivity contribution in [1.82, 2.24) is 15.1 Å². The lowest BCUT2D eigenvalue weighted by atomic mass is 10.1. The quantitative estimate of drug-likeness (QED) is 0.820. The van der Waals surface area contributed by atoms with Crippen molar-refractivity contribution in [2.45, 2.75) is 12.8 Å². The summed E-state index contributed by atoms with van der Waals surface area (Å²) in [5, 5.41) is 7.18. The number of rotatable bonds is 6. The summed E-state index contributed by atoms with van der Waals surface area (Å²) in [7, 11) is 1.88. The minimum Gasteiger partial charge on any atom is -0.352 e. The van der Waals surface area contributed by atoms with Crippen molar-refractivity contribution < 1.29 is 4.79 Å². The molecule has 5 nitrogen and oxygen atoms in total. The summed E-state index contributed by atoms with van der Waals surface area (Å²) in [6.45, 7) is 1.17. The highest BCUT2D eigenvalue weighted by Crippen LogP contribution is 2.05. The molecule has 1 amide bonds. The van der Waals surface area contributed by atoms with Crippen LogP contribution in [-0.4, -0.2) is 28.8 Å². The third-order valence-corrected chi connectivity index (χ3v) is 3.06. The molecule has 0 saturated heterocycles. The molecule has 3 N–H and O–H groups in total. The molecule has 1 aromatic heterocycles. The van der Waals surface area contributed by atoms with E-state index in [4.69, 9.17) is 5.73 Å². The standard InChI is InChI=1S/C15H20N4O/c1-19-10-7-14(18-19)6-9-17-15(20)13-4-2-3-12(11-13)5-8-16/h2-4,7,10-11H,5-6,8-9,16H2,1H3,(H,17,20). The van der Waals surface area contributed by atoms with Gasteiger partial charge in [0.2, 0.25) is 0 Å². The highest BCUT2D eigenvalue weighted by molar-refractivity contribution is 5.94. The second-order valence-corrected chi connectivity index (χ2v) is 4.73. The van der Waals surface area contributed by atoms with E-state index in [9.17, 15) is 4.79 Å². The SMILES string of the molecule is Cn1ccc(CCNC(=O)c2cccc(CCN)c2)n1. The van der Waals surface area contributed by atoms with Gasteiger partial charge in [0.15, 0.2) is 0 Å². The smallest absolute Gasteiger partial charge is 0.251 e. The van der Waals surface area contributed by atoms with E-state index < -0.39 is 0 Å². The number of nitrogens with two attached hydrogens (primary N) is 1. The summed E-state index contributed by atoms with van der Waals surface area (Å²) < 4.78 is 1.76. The Hall–Kier alpha value is -2.14. The first-order valence-corrected chi connectivity index (χ1v) is 6.75. The number of benzene rings is 1. The molecule has 2 rings (SSSR count). The first-order valence-electron chi connectivity index (χ1n) is 6.75. The summed E-state index contributed by atoms with van der Waals surface area (Å²) in [5.74, 6) is -0.0557. The molecular weight excluding hydrogens is 252 g/mol. The van der Waals surface area contributed by atoms with Gasteiger partial charge in [-0.25, -0.2) is 0 Å². The first kappa shape index (κ1) is 14.3. The molecule has 0 aliphatic rings. The molecule has 106 valence electrons. The highest BCUT2D eigenvalue weighted by Gasteiger charge is 2.06. The van der Waals surface area contributed by atoms with Crippen LogP contribution in [0.5, 0.6) is 0 Å². The lowest BCUT2D eigenvalue weighted by molar-refractivity contribution is 0.0954. The Balaban J connectivity index is 1.86. The van der Waals surface area contributed by atoms with Crippen LogP contribution in [0, 0.1) is 0 Å². The molecule has 0 saturated carbocycles. The number of amides is 1. The number of nitrogens with zero attached hydrogens (tertiary/aromatic N) is 2. The van der Waals surface area contributed by atoms with E-state index in [2.05, 4.69) is 10.4 Å². The van der Waals surface area contributed by atoms with Crippen molar-refractivity contribution in [1.29, 1.82) is 0 Å². The Kier molecular flexibility index (Phi) is 4.90. The molecular formula is C15H20N4O. The van der Waals surface area contributed by atoms with Crippen LogP contribution in [-0.2, 0) is 19.9 Å². The van der Waals surface area contributed by atoms with Gasteiger partial charge in [0, 0.05) is 31.8 Å². The Labute approximate surface area is 118 Å². The minimum absolute atomic E-state index is 0.0557. The van der Waals surface area contributed by atoms with Crippen LogP contribution in [0.15, 0.2) is 36.5 Å². The van der Waals surface area contributed by atoms with Gasteiger partial charge in [0.05, 0.1) is 5.69 Å². The largest absolute Gasteiger partial charge is 0.352 e. The molecule has 5 heteroatoms. The van der Waals surface area contributed by atoms with Crippen LogP contribution in [0.2, 0.25) is 0 Å². The van der Waals surface area contributed by atoms with E-state index in [1.54, 1.807) is 4.68 Å². The van der Waals surface area contributed by atoms with Crippen molar-refractivity contribution in [3.63, 3.8) is 0 Å². The molecule has 0 bridgehead atoms. The number of aryl methyl sites for hydroxylation is 1. The minimum atomic E-state index is -0.0557. The van der Waals surface area contributed by atoms with Gasteiger partial charge in [0.1, 0.15) is 0 Å². The summed E-state index contributed by atoms with van der Waals surface area (Å²) in [6.07, 6.45) is 3.41. The van der Waals surface area contributed by atoms with Gasteiger partial charge in [-0.05, 0) is 36.7 Å². The zero-order valence-corrected chi connectivity index (χ0v) is 11.7. The monoisotopic (exact) mass is 272 g/mol. The second-order valence-electron chi connectivity index (χ2n) is 4.73. The summed E-state index contributed by atoms with van der Waals surface area (Å²) in [4.78, 5) is 12.0. The van der Waals surface area contributed by atoms with Gasteiger partial charge >= 0.3 is 0 Å². The molecule has 1 aromatic carbocycles. The second kappa shape index (κ2) is 6.86. The Morgan fingerprint density at radius 1 is 1.35 bits per heavy atom. The molecule has 0 spiro atoms. The van der Waals surface area contributed by atoms with Crippen molar-refractivity contribution in [2.75, 3.05) is 13.1 Å². The van der Waals surface area contributed by atoms with Gasteiger partial charge < -0.3 is 11.1 Å². The maximum absolute atomic E-state index is 12.0. The van der Waals surface area contributed by atoms with E-state index in [0.717, 1.165) is 24.1 Å². The van der Waals surface area contributed by atoms with Crippen LogP contribution in [0.25, 0.3) is 0 Å². The fraction of sp³-hybridized carbons (Fsp3) is 0.333. The predicted molar refractivity (Wildman–Crippen MR) is 78.4 cm³/mol. The van der Waals surface area contributed by atoms with Crippen molar-refractivity contribution >= 4 is 5.91 Å². The van der Waals surface area contributed by atoms with Crippen LogP contribution in [0.1, 0.15) is 21.6 Å². The molecule has 0 aliphatic carbocycles. The zero-order valence-electron chi connectivity index (χ0n) is 11.7. The molecule has 20 heavy (non-hydrogen) atoms. The molecule has 0 radical (unpaired) electrons. The van der Waals surface area contributed by atoms with Crippen molar-refractivity contribution in [3.8, 4) is 0 Å². The lowest BCUT2D eigenvalue weighted by Crippen LogP contribution is -2.26. The molecule has 0 atom stereocenters. The van der Waals surface area contributed by atoms with Gasteiger partial charge in [-0.15, -0.1) is 0 Å². The highest BCUT2D eigenvalue weighted by atomic mass is 16.1. The molecule has 0 unspecified atom stereocenters. The molecule has 0 fully saturated rings. The first-order chi connectivity index (χ1) is 9.69. The maximum atomic E-state index is 12.0. The molecule has 1 heterocycles. The van der Waals surface area contributed by atoms with Crippen LogP contribution >= 0.6 is 0 Å². The summed E-state index contributed by atoms with van der Waals surface area (Å²) in [6, 6.07) is 9.53. The molecule has 0 aliphatic heterocycles. The summed E-state index contributed by atoms with van der Waals surface area (Å²) >= 11 is 0.